The number of hydrogen-bond donors (Lipinski definition) is 2. The monoisotopic (exact) mass is 362 g/mol. The summed E-state index contributed by atoms with van der Waals surface area (Å²) in [6, 6.07) is 4.26. The molecule has 2 heterocycles. The van der Waals surface area contributed by atoms with Crippen molar-refractivity contribution in [2.75, 3.05) is 0 Å². The van der Waals surface area contributed by atoms with E-state index >= 15 is 0 Å². The van der Waals surface area contributed by atoms with Crippen LogP contribution < -0.4 is 4.57 Å². The van der Waals surface area contributed by atoms with E-state index in [1.807, 2.05) is 23.6 Å². The van der Waals surface area contributed by atoms with E-state index in [1.54, 1.807) is 19.2 Å². The summed E-state index contributed by atoms with van der Waals surface area (Å²) in [6.45, 7) is 4.03. The van der Waals surface area contributed by atoms with Crippen molar-refractivity contribution >= 4 is 29.3 Å². The molecule has 1 unspecified atom stereocenters. The quantitative estimate of drug-likeness (QED) is 0.814. The predicted molar refractivity (Wildman–Crippen MR) is 90.6 cm³/mol. The van der Waals surface area contributed by atoms with E-state index in [1.165, 1.54) is 4.57 Å². The van der Waals surface area contributed by atoms with Gasteiger partial charge in [-0.05, 0) is 25.1 Å². The van der Waals surface area contributed by atoms with E-state index in [2.05, 4.69) is 4.99 Å². The number of rotatable bonds is 4. The number of carbonyl (C=O) groups is 2. The lowest BCUT2D eigenvalue weighted by Gasteiger charge is -2.10. The summed E-state index contributed by atoms with van der Waals surface area (Å²) in [7, 11) is 0. The van der Waals surface area contributed by atoms with Crippen LogP contribution in [0.1, 0.15) is 36.5 Å². The molecule has 1 aliphatic rings. The number of imidazole rings is 1. The minimum absolute atomic E-state index is 0.366. The van der Waals surface area contributed by atoms with Crippen LogP contribution in [0.2, 0.25) is 5.02 Å². The SMILES string of the molecule is CC1=NCc2c[n+](C(CC(=O)O)C(=O)O)c(C)n2-c2ccc(Cl)cc21. The number of fused-ring (bicyclic) bond motifs is 3. The molecule has 1 atom stereocenters. The van der Waals surface area contributed by atoms with Gasteiger partial charge in [0.1, 0.15) is 18.4 Å². The molecule has 0 spiro atoms. The highest BCUT2D eigenvalue weighted by atomic mass is 35.5. The molecule has 1 aromatic heterocycles. The zero-order valence-electron chi connectivity index (χ0n) is 13.7. The first kappa shape index (κ1) is 17.2. The number of benzene rings is 1. The average Bonchev–Trinajstić information content (AvgIpc) is 2.79. The summed E-state index contributed by atoms with van der Waals surface area (Å²) < 4.78 is 3.39. The number of aromatic nitrogens is 2. The molecule has 0 aliphatic carbocycles. The van der Waals surface area contributed by atoms with Crippen molar-refractivity contribution in [1.82, 2.24) is 4.57 Å². The third-order valence-electron chi connectivity index (χ3n) is 4.33. The van der Waals surface area contributed by atoms with Gasteiger partial charge in [-0.15, -0.1) is 0 Å². The number of carboxylic acids is 2. The smallest absolute Gasteiger partial charge is 0.349 e. The Morgan fingerprint density at radius 3 is 2.72 bits per heavy atom. The standard InChI is InChI=1S/C17H16ClN3O4/c1-9-13-5-11(18)3-4-14(13)21-10(2)20(8-12(21)7-19-9)15(17(24)25)6-16(22)23/h3-5,8,15H,6-7H2,1-2H3,(H-,22,23,24,25)/p+1. The van der Waals surface area contributed by atoms with Gasteiger partial charge in [0.25, 0.3) is 5.82 Å². The summed E-state index contributed by atoms with van der Waals surface area (Å²) in [4.78, 5) is 27.2. The van der Waals surface area contributed by atoms with Crippen LogP contribution in [0.3, 0.4) is 0 Å². The maximum Gasteiger partial charge on any atom is 0.349 e. The zero-order valence-corrected chi connectivity index (χ0v) is 14.5. The fourth-order valence-corrected chi connectivity index (χ4v) is 3.31. The van der Waals surface area contributed by atoms with Crippen LogP contribution >= 0.6 is 11.6 Å². The summed E-state index contributed by atoms with van der Waals surface area (Å²) in [5.41, 5.74) is 3.33. The predicted octanol–water partition coefficient (Wildman–Crippen LogP) is 2.15. The van der Waals surface area contributed by atoms with E-state index in [0.717, 1.165) is 22.7 Å². The Morgan fingerprint density at radius 2 is 2.08 bits per heavy atom. The summed E-state index contributed by atoms with van der Waals surface area (Å²) in [5, 5.41) is 19.1. The van der Waals surface area contributed by atoms with Crippen LogP contribution in [0, 0.1) is 6.92 Å². The molecule has 0 bridgehead atoms. The Bertz CT molecular complexity index is 917. The van der Waals surface area contributed by atoms with Crippen LogP contribution in [0.4, 0.5) is 0 Å². The maximum absolute atomic E-state index is 11.6. The second-order valence-electron chi connectivity index (χ2n) is 5.93. The molecule has 130 valence electrons. The summed E-state index contributed by atoms with van der Waals surface area (Å²) in [6.07, 6.45) is 1.16. The first-order chi connectivity index (χ1) is 11.8. The molecule has 1 aromatic carbocycles. The molecular formula is C17H17ClN3O4+. The minimum atomic E-state index is -1.19. The highest BCUT2D eigenvalue weighted by molar-refractivity contribution is 6.31. The normalized spacial score (nSPS) is 14.1. The molecule has 0 saturated carbocycles. The molecule has 2 aromatic rings. The van der Waals surface area contributed by atoms with Crippen LogP contribution in [0.15, 0.2) is 29.4 Å². The third kappa shape index (κ3) is 3.02. The lowest BCUT2D eigenvalue weighted by Crippen LogP contribution is -2.46. The van der Waals surface area contributed by atoms with Crippen molar-refractivity contribution in [3.8, 4) is 5.69 Å². The van der Waals surface area contributed by atoms with Crippen molar-refractivity contribution in [3.05, 3.63) is 46.5 Å². The first-order valence-corrected chi connectivity index (χ1v) is 8.05. The Kier molecular flexibility index (Phi) is 4.34. The molecule has 7 nitrogen and oxygen atoms in total. The average molecular weight is 363 g/mol. The van der Waals surface area contributed by atoms with Crippen molar-refractivity contribution in [2.45, 2.75) is 32.9 Å². The van der Waals surface area contributed by atoms with Gasteiger partial charge in [0.15, 0.2) is 5.69 Å². The highest BCUT2D eigenvalue weighted by Crippen LogP contribution is 2.26. The molecular weight excluding hydrogens is 346 g/mol. The molecule has 2 N–H and O–H groups in total. The minimum Gasteiger partial charge on any atom is -0.481 e. The molecule has 0 radical (unpaired) electrons. The second kappa shape index (κ2) is 6.33. The van der Waals surface area contributed by atoms with Crippen molar-refractivity contribution in [1.29, 1.82) is 0 Å². The molecule has 0 saturated heterocycles. The summed E-state index contributed by atoms with van der Waals surface area (Å²) >= 11 is 6.10. The Balaban J connectivity index is 2.21. The van der Waals surface area contributed by atoms with Gasteiger partial charge >= 0.3 is 11.9 Å². The van der Waals surface area contributed by atoms with Gasteiger partial charge in [-0.25, -0.2) is 9.36 Å². The molecule has 0 fully saturated rings. The third-order valence-corrected chi connectivity index (χ3v) is 4.56. The molecule has 0 amide bonds. The van der Waals surface area contributed by atoms with Crippen molar-refractivity contribution in [3.63, 3.8) is 0 Å². The van der Waals surface area contributed by atoms with Gasteiger partial charge in [-0.3, -0.25) is 9.79 Å². The Morgan fingerprint density at radius 1 is 1.36 bits per heavy atom. The van der Waals surface area contributed by atoms with Crippen LogP contribution in [-0.2, 0) is 16.1 Å². The molecule has 8 heteroatoms. The number of carboxylic acid groups (broad SMARTS) is 2. The number of halogens is 1. The van der Waals surface area contributed by atoms with Gasteiger partial charge in [0.05, 0.1) is 6.42 Å². The largest absolute Gasteiger partial charge is 0.481 e. The van der Waals surface area contributed by atoms with E-state index < -0.39 is 24.4 Å². The first-order valence-electron chi connectivity index (χ1n) is 7.68. The molecule has 3 rings (SSSR count). The Labute approximate surface area is 148 Å². The maximum atomic E-state index is 11.6. The zero-order chi connectivity index (χ0) is 18.3. The van der Waals surface area contributed by atoms with Gasteiger partial charge in [0, 0.05) is 23.2 Å². The van der Waals surface area contributed by atoms with Crippen LogP contribution in [-0.4, -0.2) is 32.4 Å². The van der Waals surface area contributed by atoms with E-state index in [9.17, 15) is 14.7 Å². The fraction of sp³-hybridized carbons (Fsp3) is 0.294. The van der Waals surface area contributed by atoms with Gasteiger partial charge in [-0.2, -0.15) is 4.57 Å². The van der Waals surface area contributed by atoms with E-state index in [0.29, 0.717) is 17.4 Å². The second-order valence-corrected chi connectivity index (χ2v) is 6.36. The fourth-order valence-electron chi connectivity index (χ4n) is 3.14. The van der Waals surface area contributed by atoms with Crippen LogP contribution in [0.25, 0.3) is 5.69 Å². The van der Waals surface area contributed by atoms with Gasteiger partial charge < -0.3 is 10.2 Å². The number of aliphatic carboxylic acids is 2. The highest BCUT2D eigenvalue weighted by Gasteiger charge is 2.34. The number of hydrogen-bond acceptors (Lipinski definition) is 3. The van der Waals surface area contributed by atoms with Crippen molar-refractivity contribution < 1.29 is 24.4 Å². The lowest BCUT2D eigenvalue weighted by atomic mass is 10.1. The van der Waals surface area contributed by atoms with Gasteiger partial charge in [0.2, 0.25) is 6.04 Å². The van der Waals surface area contributed by atoms with E-state index in [4.69, 9.17) is 16.7 Å². The molecule has 25 heavy (non-hydrogen) atoms. The van der Waals surface area contributed by atoms with Crippen molar-refractivity contribution in [2.24, 2.45) is 4.99 Å². The van der Waals surface area contributed by atoms with Gasteiger partial charge in [-0.1, -0.05) is 11.6 Å². The van der Waals surface area contributed by atoms with Crippen LogP contribution in [0.5, 0.6) is 0 Å². The summed E-state index contributed by atoms with van der Waals surface area (Å²) in [5.74, 6) is -1.73. The topological polar surface area (TPSA) is 95.8 Å². The number of aliphatic imine (C=N–C) groups is 1. The van der Waals surface area contributed by atoms with E-state index in [-0.39, 0.29) is 0 Å². The molecule has 1 aliphatic heterocycles. The lowest BCUT2D eigenvalue weighted by molar-refractivity contribution is -0.715. The Hall–Kier alpha value is -2.67. The number of nitrogens with zero attached hydrogens (tertiary/aromatic N) is 3.